The van der Waals surface area contributed by atoms with Gasteiger partial charge in [0.25, 0.3) is 0 Å². The summed E-state index contributed by atoms with van der Waals surface area (Å²) in [6.07, 6.45) is -0.0972. The summed E-state index contributed by atoms with van der Waals surface area (Å²) in [7, 11) is 0. The highest BCUT2D eigenvalue weighted by Gasteiger charge is 2.07. The van der Waals surface area contributed by atoms with E-state index >= 15 is 0 Å². The van der Waals surface area contributed by atoms with Gasteiger partial charge in [0.05, 0.1) is 0 Å². The molecule has 0 spiro atoms. The molecule has 1 atom stereocenters. The monoisotopic (exact) mass is 256 g/mol. The molecule has 1 unspecified atom stereocenters. The minimum Gasteiger partial charge on any atom is -0.486 e. The van der Waals surface area contributed by atoms with Crippen molar-refractivity contribution in [3.63, 3.8) is 0 Å². The number of rotatable bonds is 4. The molecular formula is C15H16N2O2. The van der Waals surface area contributed by atoms with Crippen LogP contribution in [0, 0.1) is 0 Å². The van der Waals surface area contributed by atoms with E-state index in [1.807, 2.05) is 31.2 Å². The first kappa shape index (κ1) is 13.0. The number of benzene rings is 2. The molecule has 0 radical (unpaired) electrons. The number of amides is 1. The van der Waals surface area contributed by atoms with E-state index in [4.69, 9.17) is 16.2 Å². The Hall–Kier alpha value is -2.49. The van der Waals surface area contributed by atoms with Crippen LogP contribution in [0.5, 0.6) is 5.75 Å². The van der Waals surface area contributed by atoms with E-state index in [2.05, 4.69) is 0 Å². The molecule has 4 nitrogen and oxygen atoms in total. The van der Waals surface area contributed by atoms with E-state index in [1.54, 1.807) is 24.3 Å². The molecule has 2 aromatic rings. The van der Waals surface area contributed by atoms with Gasteiger partial charge in [-0.05, 0) is 48.9 Å². The highest BCUT2D eigenvalue weighted by atomic mass is 16.5. The Labute approximate surface area is 112 Å². The van der Waals surface area contributed by atoms with Crippen molar-refractivity contribution in [2.75, 3.05) is 5.73 Å². The van der Waals surface area contributed by atoms with Crippen LogP contribution < -0.4 is 16.2 Å². The Morgan fingerprint density at radius 1 is 1.05 bits per heavy atom. The first-order valence-corrected chi connectivity index (χ1v) is 5.98. The van der Waals surface area contributed by atoms with Crippen molar-refractivity contribution >= 4 is 11.6 Å². The average molecular weight is 256 g/mol. The molecular weight excluding hydrogens is 240 g/mol. The normalized spacial score (nSPS) is 11.8. The van der Waals surface area contributed by atoms with Crippen LogP contribution >= 0.6 is 0 Å². The van der Waals surface area contributed by atoms with Crippen LogP contribution in [0.15, 0.2) is 48.5 Å². The second kappa shape index (κ2) is 5.44. The summed E-state index contributed by atoms with van der Waals surface area (Å²) in [5.74, 6) is 0.243. The summed E-state index contributed by atoms with van der Waals surface area (Å²) in [5.41, 5.74) is 13.0. The molecule has 0 heterocycles. The number of anilines is 1. The van der Waals surface area contributed by atoms with Crippen molar-refractivity contribution < 1.29 is 9.53 Å². The number of ether oxygens (including phenoxy) is 1. The van der Waals surface area contributed by atoms with Gasteiger partial charge in [0.1, 0.15) is 11.9 Å². The molecule has 0 aromatic heterocycles. The SMILES string of the molecule is CC(Oc1ccc(C(N)=O)cc1)c1ccc(N)cc1. The Bertz CT molecular complexity index is 562. The van der Waals surface area contributed by atoms with Gasteiger partial charge >= 0.3 is 0 Å². The maximum Gasteiger partial charge on any atom is 0.248 e. The smallest absolute Gasteiger partial charge is 0.248 e. The van der Waals surface area contributed by atoms with Crippen molar-refractivity contribution in [3.8, 4) is 5.75 Å². The molecule has 2 rings (SSSR count). The standard InChI is InChI=1S/C15H16N2O2/c1-10(11-2-6-13(16)7-3-11)19-14-8-4-12(5-9-14)15(17)18/h2-10H,16H2,1H3,(H2,17,18). The fourth-order valence-electron chi connectivity index (χ4n) is 1.74. The number of nitrogen functional groups attached to an aromatic ring is 1. The zero-order chi connectivity index (χ0) is 13.8. The van der Waals surface area contributed by atoms with Crippen molar-refractivity contribution in [1.82, 2.24) is 0 Å². The first-order valence-electron chi connectivity index (χ1n) is 5.98. The van der Waals surface area contributed by atoms with E-state index in [1.165, 1.54) is 0 Å². The van der Waals surface area contributed by atoms with Gasteiger partial charge in [-0.15, -0.1) is 0 Å². The average Bonchev–Trinajstić information content (AvgIpc) is 2.40. The minimum absolute atomic E-state index is 0.0972. The zero-order valence-electron chi connectivity index (χ0n) is 10.7. The Kier molecular flexibility index (Phi) is 3.71. The van der Waals surface area contributed by atoms with Crippen LogP contribution in [0.1, 0.15) is 28.9 Å². The molecule has 1 amide bonds. The zero-order valence-corrected chi connectivity index (χ0v) is 10.7. The van der Waals surface area contributed by atoms with Gasteiger partial charge in [0.15, 0.2) is 0 Å². The summed E-state index contributed by atoms with van der Waals surface area (Å²) in [6, 6.07) is 14.3. The summed E-state index contributed by atoms with van der Waals surface area (Å²) in [6.45, 7) is 1.95. The molecule has 0 saturated carbocycles. The fourth-order valence-corrected chi connectivity index (χ4v) is 1.74. The number of nitrogens with two attached hydrogens (primary N) is 2. The lowest BCUT2D eigenvalue weighted by Crippen LogP contribution is -2.10. The lowest BCUT2D eigenvalue weighted by Gasteiger charge is -2.15. The molecule has 4 N–H and O–H groups in total. The van der Waals surface area contributed by atoms with E-state index in [0.717, 1.165) is 11.3 Å². The quantitative estimate of drug-likeness (QED) is 0.825. The maximum atomic E-state index is 11.0. The van der Waals surface area contributed by atoms with Crippen LogP contribution in [0.2, 0.25) is 0 Å². The van der Waals surface area contributed by atoms with Gasteiger partial charge in [-0.2, -0.15) is 0 Å². The minimum atomic E-state index is -0.446. The lowest BCUT2D eigenvalue weighted by molar-refractivity contribution is 0.1000. The van der Waals surface area contributed by atoms with E-state index < -0.39 is 5.91 Å². The predicted octanol–water partition coefficient (Wildman–Crippen LogP) is 2.51. The van der Waals surface area contributed by atoms with E-state index in [-0.39, 0.29) is 6.10 Å². The van der Waals surface area contributed by atoms with Gasteiger partial charge in [0, 0.05) is 11.3 Å². The molecule has 4 heteroatoms. The summed E-state index contributed by atoms with van der Waals surface area (Å²) in [4.78, 5) is 11.0. The van der Waals surface area contributed by atoms with E-state index in [9.17, 15) is 4.79 Å². The second-order valence-electron chi connectivity index (χ2n) is 4.32. The number of carbonyl (C=O) groups excluding carboxylic acids is 1. The molecule has 2 aromatic carbocycles. The van der Waals surface area contributed by atoms with Gasteiger partial charge in [-0.25, -0.2) is 0 Å². The van der Waals surface area contributed by atoms with Gasteiger partial charge in [0.2, 0.25) is 5.91 Å². The fraction of sp³-hybridized carbons (Fsp3) is 0.133. The molecule has 0 bridgehead atoms. The van der Waals surface area contributed by atoms with Gasteiger partial charge in [-0.1, -0.05) is 12.1 Å². The highest BCUT2D eigenvalue weighted by molar-refractivity contribution is 5.92. The molecule has 0 aliphatic rings. The number of carbonyl (C=O) groups is 1. The number of primary amides is 1. The third-order valence-corrected chi connectivity index (χ3v) is 2.86. The van der Waals surface area contributed by atoms with Crippen LogP contribution in [-0.2, 0) is 0 Å². The Balaban J connectivity index is 2.08. The lowest BCUT2D eigenvalue weighted by atomic mass is 10.1. The summed E-state index contributed by atoms with van der Waals surface area (Å²) >= 11 is 0. The number of hydrogen-bond donors (Lipinski definition) is 2. The molecule has 19 heavy (non-hydrogen) atoms. The summed E-state index contributed by atoms with van der Waals surface area (Å²) in [5, 5.41) is 0. The van der Waals surface area contributed by atoms with Crippen molar-refractivity contribution in [1.29, 1.82) is 0 Å². The molecule has 0 saturated heterocycles. The third-order valence-electron chi connectivity index (χ3n) is 2.86. The van der Waals surface area contributed by atoms with Crippen LogP contribution in [0.25, 0.3) is 0 Å². The molecule has 98 valence electrons. The highest BCUT2D eigenvalue weighted by Crippen LogP contribution is 2.22. The van der Waals surface area contributed by atoms with Crippen LogP contribution in [0.3, 0.4) is 0 Å². The van der Waals surface area contributed by atoms with E-state index in [0.29, 0.717) is 11.3 Å². The number of hydrogen-bond acceptors (Lipinski definition) is 3. The molecule has 0 aliphatic carbocycles. The van der Waals surface area contributed by atoms with Gasteiger partial charge in [-0.3, -0.25) is 4.79 Å². The molecule has 0 aliphatic heterocycles. The maximum absolute atomic E-state index is 11.0. The van der Waals surface area contributed by atoms with Crippen LogP contribution in [-0.4, -0.2) is 5.91 Å². The van der Waals surface area contributed by atoms with Crippen molar-refractivity contribution in [3.05, 3.63) is 59.7 Å². The van der Waals surface area contributed by atoms with Crippen molar-refractivity contribution in [2.45, 2.75) is 13.0 Å². The summed E-state index contributed by atoms with van der Waals surface area (Å²) < 4.78 is 5.78. The third kappa shape index (κ3) is 3.25. The topological polar surface area (TPSA) is 78.3 Å². The van der Waals surface area contributed by atoms with Crippen LogP contribution in [0.4, 0.5) is 5.69 Å². The molecule has 0 fully saturated rings. The Morgan fingerprint density at radius 3 is 2.16 bits per heavy atom. The first-order chi connectivity index (χ1) is 9.06. The largest absolute Gasteiger partial charge is 0.486 e. The predicted molar refractivity (Wildman–Crippen MR) is 74.9 cm³/mol. The van der Waals surface area contributed by atoms with Crippen molar-refractivity contribution in [2.24, 2.45) is 5.73 Å². The van der Waals surface area contributed by atoms with Gasteiger partial charge < -0.3 is 16.2 Å². The Morgan fingerprint density at radius 2 is 1.63 bits per heavy atom. The second-order valence-corrected chi connectivity index (χ2v) is 4.32.